The smallest absolute Gasteiger partial charge is 0.304 e. The van der Waals surface area contributed by atoms with Gasteiger partial charge < -0.3 is 20.5 Å². The minimum absolute atomic E-state index is 0.0382. The third-order valence-corrected chi connectivity index (χ3v) is 7.40. The number of amides is 1. The molecule has 3 aromatic rings. The van der Waals surface area contributed by atoms with Gasteiger partial charge in [-0.05, 0) is 61.2 Å². The highest BCUT2D eigenvalue weighted by Crippen LogP contribution is 2.31. The van der Waals surface area contributed by atoms with Crippen LogP contribution in [-0.2, 0) is 16.0 Å². The number of ether oxygens (including phenoxy) is 1. The van der Waals surface area contributed by atoms with Gasteiger partial charge in [-0.3, -0.25) is 15.0 Å². The Morgan fingerprint density at radius 3 is 2.51 bits per heavy atom. The number of hydrogen-bond donors (Lipinski definition) is 3. The van der Waals surface area contributed by atoms with E-state index in [0.29, 0.717) is 30.9 Å². The number of amidine groups is 1. The molecule has 2 atom stereocenters. The molecular weight excluding hydrogens is 486 g/mol. The first-order chi connectivity index (χ1) is 17.9. The third kappa shape index (κ3) is 7.36. The first kappa shape index (κ1) is 26.3. The zero-order valence-electron chi connectivity index (χ0n) is 20.5. The molecule has 0 bridgehead atoms. The molecule has 2 unspecified atom stereocenters. The summed E-state index contributed by atoms with van der Waals surface area (Å²) in [5.74, 6) is -0.821. The normalized spacial score (nSPS) is 17.1. The number of aryl methyl sites for hydroxylation is 1. The standard InChI is InChI=1S/C29H31N3O4S/c30-28(31)21-9-4-10-26(17-21)37-25-13-11-24(12-14-25)36-19-23-16-22(18-27(33)34)29(35)32(23)15-5-8-20-6-2-1-3-7-20/h1-4,6-7,9-14,17,22-23H,5,8,15-16,18-19H2,(H3,30,31)(H,33,34). The molecule has 0 saturated carbocycles. The van der Waals surface area contributed by atoms with E-state index in [-0.39, 0.29) is 24.2 Å². The predicted octanol–water partition coefficient (Wildman–Crippen LogP) is 4.83. The van der Waals surface area contributed by atoms with Crippen LogP contribution in [0, 0.1) is 11.3 Å². The van der Waals surface area contributed by atoms with Gasteiger partial charge in [-0.25, -0.2) is 0 Å². The Balaban J connectivity index is 1.35. The van der Waals surface area contributed by atoms with E-state index in [1.807, 2.05) is 71.6 Å². The Morgan fingerprint density at radius 1 is 1.05 bits per heavy atom. The molecule has 1 saturated heterocycles. The number of carbonyl (C=O) groups is 2. The Morgan fingerprint density at radius 2 is 1.81 bits per heavy atom. The van der Waals surface area contributed by atoms with Crippen LogP contribution in [0.3, 0.4) is 0 Å². The van der Waals surface area contributed by atoms with E-state index in [9.17, 15) is 14.7 Å². The third-order valence-electron chi connectivity index (χ3n) is 6.40. The molecular formula is C29H31N3O4S. The van der Waals surface area contributed by atoms with Crippen LogP contribution in [-0.4, -0.2) is 46.9 Å². The SMILES string of the molecule is N=C(N)c1cccc(Sc2ccc(OCC3CC(CC(=O)O)C(=O)N3CCCc3ccccc3)cc2)c1. The number of nitrogen functional groups attached to an aromatic ring is 1. The topological polar surface area (TPSA) is 117 Å². The van der Waals surface area contributed by atoms with Gasteiger partial charge in [-0.1, -0.05) is 54.2 Å². The van der Waals surface area contributed by atoms with Crippen LogP contribution in [0.4, 0.5) is 0 Å². The summed E-state index contributed by atoms with van der Waals surface area (Å²) in [6, 6.07) is 25.2. The highest BCUT2D eigenvalue weighted by Gasteiger charge is 2.40. The number of nitrogens with two attached hydrogens (primary N) is 1. The first-order valence-electron chi connectivity index (χ1n) is 12.3. The monoisotopic (exact) mass is 517 g/mol. The summed E-state index contributed by atoms with van der Waals surface area (Å²) in [6.45, 7) is 0.896. The van der Waals surface area contributed by atoms with E-state index < -0.39 is 11.9 Å². The molecule has 1 fully saturated rings. The van der Waals surface area contributed by atoms with Gasteiger partial charge in [0.1, 0.15) is 18.2 Å². The summed E-state index contributed by atoms with van der Waals surface area (Å²) >= 11 is 1.57. The molecule has 0 radical (unpaired) electrons. The Kier molecular flexibility index (Phi) is 8.85. The van der Waals surface area contributed by atoms with Crippen molar-refractivity contribution in [2.24, 2.45) is 11.7 Å². The maximum absolute atomic E-state index is 13.0. The predicted molar refractivity (Wildman–Crippen MR) is 144 cm³/mol. The van der Waals surface area contributed by atoms with Crippen molar-refractivity contribution in [2.45, 2.75) is 41.5 Å². The fourth-order valence-electron chi connectivity index (χ4n) is 4.56. The lowest BCUT2D eigenvalue weighted by Gasteiger charge is -2.25. The Hall–Kier alpha value is -3.78. The lowest BCUT2D eigenvalue weighted by atomic mass is 10.0. The van der Waals surface area contributed by atoms with Crippen LogP contribution in [0.5, 0.6) is 5.75 Å². The molecule has 0 aromatic heterocycles. The molecule has 1 aliphatic heterocycles. The molecule has 8 heteroatoms. The largest absolute Gasteiger partial charge is 0.491 e. The van der Waals surface area contributed by atoms with Crippen molar-refractivity contribution in [2.75, 3.05) is 13.2 Å². The highest BCUT2D eigenvalue weighted by molar-refractivity contribution is 7.99. The van der Waals surface area contributed by atoms with Crippen LogP contribution in [0.25, 0.3) is 0 Å². The quantitative estimate of drug-likeness (QED) is 0.234. The summed E-state index contributed by atoms with van der Waals surface area (Å²) in [5.41, 5.74) is 7.49. The number of carboxylic acid groups (broad SMARTS) is 1. The van der Waals surface area contributed by atoms with Crippen LogP contribution in [0.15, 0.2) is 88.7 Å². The molecule has 4 rings (SSSR count). The van der Waals surface area contributed by atoms with Crippen molar-refractivity contribution in [3.05, 3.63) is 90.0 Å². The Labute approximate surface area is 221 Å². The average Bonchev–Trinajstić information content (AvgIpc) is 3.18. The van der Waals surface area contributed by atoms with Gasteiger partial charge in [0, 0.05) is 21.9 Å². The minimum atomic E-state index is -0.953. The van der Waals surface area contributed by atoms with Crippen molar-refractivity contribution >= 4 is 29.5 Å². The van der Waals surface area contributed by atoms with Gasteiger partial charge in [0.2, 0.25) is 5.91 Å². The second-order valence-electron chi connectivity index (χ2n) is 9.13. The molecule has 1 aliphatic rings. The van der Waals surface area contributed by atoms with Crippen molar-refractivity contribution in [1.29, 1.82) is 5.41 Å². The summed E-state index contributed by atoms with van der Waals surface area (Å²) in [5, 5.41) is 16.9. The van der Waals surface area contributed by atoms with Gasteiger partial charge in [0.05, 0.1) is 18.4 Å². The lowest BCUT2D eigenvalue weighted by Crippen LogP contribution is -2.38. The average molecular weight is 518 g/mol. The first-order valence-corrected chi connectivity index (χ1v) is 13.1. The number of carboxylic acids is 1. The van der Waals surface area contributed by atoms with E-state index in [4.69, 9.17) is 15.9 Å². The van der Waals surface area contributed by atoms with E-state index in [1.165, 1.54) is 5.56 Å². The summed E-state index contributed by atoms with van der Waals surface area (Å²) in [7, 11) is 0. The molecule has 1 amide bonds. The van der Waals surface area contributed by atoms with Crippen LogP contribution < -0.4 is 10.5 Å². The summed E-state index contributed by atoms with van der Waals surface area (Å²) in [4.78, 5) is 28.1. The van der Waals surface area contributed by atoms with Crippen molar-refractivity contribution in [3.8, 4) is 5.75 Å². The number of nitrogens with zero attached hydrogens (tertiary/aromatic N) is 1. The van der Waals surface area contributed by atoms with Gasteiger partial charge in [-0.15, -0.1) is 0 Å². The molecule has 0 aliphatic carbocycles. The van der Waals surface area contributed by atoms with Gasteiger partial charge in [-0.2, -0.15) is 0 Å². The fourth-order valence-corrected chi connectivity index (χ4v) is 5.44. The number of carbonyl (C=O) groups excluding carboxylic acids is 1. The van der Waals surface area contributed by atoms with Gasteiger partial charge >= 0.3 is 5.97 Å². The molecule has 37 heavy (non-hydrogen) atoms. The van der Waals surface area contributed by atoms with Crippen molar-refractivity contribution < 1.29 is 19.4 Å². The minimum Gasteiger partial charge on any atom is -0.491 e. The zero-order chi connectivity index (χ0) is 26.2. The molecule has 3 aromatic carbocycles. The van der Waals surface area contributed by atoms with Gasteiger partial charge in [0.15, 0.2) is 0 Å². The number of hydrogen-bond acceptors (Lipinski definition) is 5. The Bertz CT molecular complexity index is 1230. The number of likely N-dealkylation sites (tertiary alicyclic amines) is 1. The number of rotatable bonds is 12. The second-order valence-corrected chi connectivity index (χ2v) is 10.3. The second kappa shape index (κ2) is 12.5. The molecule has 192 valence electrons. The number of nitrogens with one attached hydrogen (secondary N) is 1. The highest BCUT2D eigenvalue weighted by atomic mass is 32.2. The lowest BCUT2D eigenvalue weighted by molar-refractivity contribution is -0.142. The maximum atomic E-state index is 13.0. The summed E-state index contributed by atoms with van der Waals surface area (Å²) < 4.78 is 6.05. The number of aliphatic carboxylic acids is 1. The summed E-state index contributed by atoms with van der Waals surface area (Å²) in [6.07, 6.45) is 2.00. The van der Waals surface area contributed by atoms with E-state index >= 15 is 0 Å². The zero-order valence-corrected chi connectivity index (χ0v) is 21.3. The van der Waals surface area contributed by atoms with Crippen LogP contribution >= 0.6 is 11.8 Å². The van der Waals surface area contributed by atoms with Crippen molar-refractivity contribution in [3.63, 3.8) is 0 Å². The van der Waals surface area contributed by atoms with E-state index in [0.717, 1.165) is 22.6 Å². The van der Waals surface area contributed by atoms with Gasteiger partial charge in [0.25, 0.3) is 0 Å². The van der Waals surface area contributed by atoms with Crippen LogP contribution in [0.1, 0.15) is 30.4 Å². The van der Waals surface area contributed by atoms with Crippen molar-refractivity contribution in [1.82, 2.24) is 4.90 Å². The molecule has 0 spiro atoms. The van der Waals surface area contributed by atoms with E-state index in [1.54, 1.807) is 11.8 Å². The van der Waals surface area contributed by atoms with Crippen LogP contribution in [0.2, 0.25) is 0 Å². The fraction of sp³-hybridized carbons (Fsp3) is 0.276. The van der Waals surface area contributed by atoms with E-state index in [2.05, 4.69) is 12.1 Å². The molecule has 7 nitrogen and oxygen atoms in total. The maximum Gasteiger partial charge on any atom is 0.304 e. The number of benzene rings is 3. The molecule has 4 N–H and O–H groups in total. The molecule has 1 heterocycles.